The first-order chi connectivity index (χ1) is 11.0. The first-order valence-corrected chi connectivity index (χ1v) is 8.48. The molecule has 1 aromatic heterocycles. The number of carbonyl (C=O) groups excluding carboxylic acids is 2. The molecular weight excluding hydrogens is 316 g/mol. The van der Waals surface area contributed by atoms with Gasteiger partial charge in [0.25, 0.3) is 5.91 Å². The third-order valence-electron chi connectivity index (χ3n) is 4.12. The maximum absolute atomic E-state index is 12.1. The van der Waals surface area contributed by atoms with Gasteiger partial charge in [0.15, 0.2) is 0 Å². The average molecular weight is 341 g/mol. The first-order valence-electron chi connectivity index (χ1n) is 8.10. The van der Waals surface area contributed by atoms with E-state index >= 15 is 0 Å². The lowest BCUT2D eigenvalue weighted by Gasteiger charge is -2.26. The van der Waals surface area contributed by atoms with Crippen molar-refractivity contribution >= 4 is 23.4 Å². The molecule has 23 heavy (non-hydrogen) atoms. The molecule has 7 heteroatoms. The predicted molar refractivity (Wildman–Crippen MR) is 90.7 cm³/mol. The molecule has 0 bridgehead atoms. The largest absolute Gasteiger partial charge is 0.353 e. The van der Waals surface area contributed by atoms with E-state index < -0.39 is 6.04 Å². The second-order valence-electron chi connectivity index (χ2n) is 6.04. The minimum absolute atomic E-state index is 0.171. The van der Waals surface area contributed by atoms with E-state index in [1.165, 1.54) is 19.3 Å². The highest BCUT2D eigenvalue weighted by molar-refractivity contribution is 6.31. The number of aryl methyl sites for hydroxylation is 1. The number of piperidine rings is 1. The molecule has 1 saturated heterocycles. The van der Waals surface area contributed by atoms with Crippen LogP contribution in [0.5, 0.6) is 0 Å². The topological polar surface area (TPSA) is 66.4 Å². The summed E-state index contributed by atoms with van der Waals surface area (Å²) in [5.74, 6) is -0.478. The number of likely N-dealkylation sites (tertiary alicyclic amines) is 1. The van der Waals surface area contributed by atoms with E-state index in [4.69, 9.17) is 11.6 Å². The summed E-state index contributed by atoms with van der Waals surface area (Å²) in [5, 5.41) is 6.07. The van der Waals surface area contributed by atoms with Crippen LogP contribution in [0.2, 0.25) is 5.02 Å². The van der Waals surface area contributed by atoms with Crippen LogP contribution in [-0.2, 0) is 11.8 Å². The molecule has 2 rings (SSSR count). The number of amides is 2. The van der Waals surface area contributed by atoms with Crippen molar-refractivity contribution in [3.63, 3.8) is 0 Å². The van der Waals surface area contributed by atoms with E-state index in [0.717, 1.165) is 19.6 Å². The van der Waals surface area contributed by atoms with E-state index in [1.807, 2.05) is 0 Å². The Balaban J connectivity index is 1.73. The lowest BCUT2D eigenvalue weighted by molar-refractivity contribution is -0.122. The Morgan fingerprint density at radius 2 is 2.00 bits per heavy atom. The van der Waals surface area contributed by atoms with Gasteiger partial charge in [-0.15, -0.1) is 0 Å². The van der Waals surface area contributed by atoms with Crippen molar-refractivity contribution in [3.05, 3.63) is 23.0 Å². The predicted octanol–water partition coefficient (Wildman–Crippen LogP) is 1.40. The molecule has 0 radical (unpaired) electrons. The molecular formula is C16H25ClN4O2. The highest BCUT2D eigenvalue weighted by atomic mass is 35.5. The normalized spacial score (nSPS) is 16.8. The van der Waals surface area contributed by atoms with Crippen LogP contribution in [0.1, 0.15) is 36.7 Å². The van der Waals surface area contributed by atoms with Gasteiger partial charge >= 0.3 is 0 Å². The fourth-order valence-corrected chi connectivity index (χ4v) is 3.01. The molecule has 2 N–H and O–H groups in total. The first kappa shape index (κ1) is 17.8. The Morgan fingerprint density at radius 3 is 2.61 bits per heavy atom. The number of aromatic nitrogens is 1. The van der Waals surface area contributed by atoms with Gasteiger partial charge in [-0.1, -0.05) is 18.0 Å². The molecule has 2 amide bonds. The van der Waals surface area contributed by atoms with Crippen LogP contribution in [-0.4, -0.2) is 53.5 Å². The highest BCUT2D eigenvalue weighted by Crippen LogP contribution is 2.12. The SMILES string of the molecule is C[C@@H](NC(=O)c1cc(Cl)cn1C)C(=O)NCCN1CCCCC1. The number of nitrogens with one attached hydrogen (secondary N) is 2. The second-order valence-corrected chi connectivity index (χ2v) is 6.48. The molecule has 0 aliphatic carbocycles. The van der Waals surface area contributed by atoms with Crippen molar-refractivity contribution in [2.75, 3.05) is 26.2 Å². The van der Waals surface area contributed by atoms with Crippen molar-refractivity contribution in [1.82, 2.24) is 20.1 Å². The zero-order chi connectivity index (χ0) is 16.8. The molecule has 0 unspecified atom stereocenters. The summed E-state index contributed by atoms with van der Waals surface area (Å²) in [4.78, 5) is 26.6. The Bertz CT molecular complexity index is 552. The van der Waals surface area contributed by atoms with Crippen LogP contribution in [0.25, 0.3) is 0 Å². The zero-order valence-corrected chi connectivity index (χ0v) is 14.5. The number of hydrogen-bond acceptors (Lipinski definition) is 3. The lowest BCUT2D eigenvalue weighted by atomic mass is 10.1. The van der Waals surface area contributed by atoms with Gasteiger partial charge < -0.3 is 20.1 Å². The van der Waals surface area contributed by atoms with Crippen LogP contribution in [0.4, 0.5) is 0 Å². The lowest BCUT2D eigenvalue weighted by Crippen LogP contribution is -2.47. The molecule has 0 spiro atoms. The van der Waals surface area contributed by atoms with Crippen molar-refractivity contribution in [1.29, 1.82) is 0 Å². The summed E-state index contributed by atoms with van der Waals surface area (Å²) in [6.45, 7) is 5.36. The third-order valence-corrected chi connectivity index (χ3v) is 4.33. The van der Waals surface area contributed by atoms with Crippen LogP contribution in [0.3, 0.4) is 0 Å². The Morgan fingerprint density at radius 1 is 1.30 bits per heavy atom. The van der Waals surface area contributed by atoms with Gasteiger partial charge in [0.05, 0.1) is 5.02 Å². The van der Waals surface area contributed by atoms with E-state index in [2.05, 4.69) is 15.5 Å². The molecule has 1 aliphatic rings. The summed E-state index contributed by atoms with van der Waals surface area (Å²) >= 11 is 5.87. The summed E-state index contributed by atoms with van der Waals surface area (Å²) in [6, 6.07) is 0.996. The summed E-state index contributed by atoms with van der Waals surface area (Å²) in [7, 11) is 1.74. The maximum Gasteiger partial charge on any atom is 0.268 e. The number of nitrogens with zero attached hydrogens (tertiary/aromatic N) is 2. The molecule has 1 fully saturated rings. The van der Waals surface area contributed by atoms with Crippen molar-refractivity contribution in [2.45, 2.75) is 32.2 Å². The van der Waals surface area contributed by atoms with E-state index in [0.29, 0.717) is 17.3 Å². The van der Waals surface area contributed by atoms with Gasteiger partial charge in [-0.25, -0.2) is 0 Å². The second kappa shape index (κ2) is 8.36. The average Bonchev–Trinajstić information content (AvgIpc) is 2.87. The van der Waals surface area contributed by atoms with Crippen molar-refractivity contribution in [2.24, 2.45) is 7.05 Å². The number of carbonyl (C=O) groups is 2. The zero-order valence-electron chi connectivity index (χ0n) is 13.8. The van der Waals surface area contributed by atoms with Crippen molar-refractivity contribution in [3.8, 4) is 0 Å². The molecule has 1 aliphatic heterocycles. The third kappa shape index (κ3) is 5.25. The summed E-state index contributed by atoms with van der Waals surface area (Å²) in [5.41, 5.74) is 0.433. The smallest absolute Gasteiger partial charge is 0.268 e. The number of rotatable bonds is 6. The van der Waals surface area contributed by atoms with Crippen LogP contribution in [0.15, 0.2) is 12.3 Å². The fraction of sp³-hybridized carbons (Fsp3) is 0.625. The van der Waals surface area contributed by atoms with Crippen LogP contribution in [0, 0.1) is 0 Å². The van der Waals surface area contributed by atoms with Gasteiger partial charge in [-0.2, -0.15) is 0 Å². The van der Waals surface area contributed by atoms with Gasteiger partial charge in [0, 0.05) is 26.3 Å². The Labute approximate surface area is 142 Å². The quantitative estimate of drug-likeness (QED) is 0.822. The Kier molecular flexibility index (Phi) is 6.47. The standard InChI is InChI=1S/C16H25ClN4O2/c1-12(19-16(23)14-10-13(17)11-20(14)2)15(22)18-6-9-21-7-4-3-5-8-21/h10-12H,3-9H2,1-2H3,(H,18,22)(H,19,23)/t12-/m1/s1. The van der Waals surface area contributed by atoms with Gasteiger partial charge in [-0.05, 0) is 38.9 Å². The molecule has 0 saturated carbocycles. The van der Waals surface area contributed by atoms with Crippen molar-refractivity contribution < 1.29 is 9.59 Å². The van der Waals surface area contributed by atoms with E-state index in [1.54, 1.807) is 30.8 Å². The molecule has 128 valence electrons. The van der Waals surface area contributed by atoms with Gasteiger partial charge in [-0.3, -0.25) is 9.59 Å². The fourth-order valence-electron chi connectivity index (χ4n) is 2.76. The minimum atomic E-state index is -0.586. The van der Waals surface area contributed by atoms with E-state index in [9.17, 15) is 9.59 Å². The van der Waals surface area contributed by atoms with Crippen LogP contribution < -0.4 is 10.6 Å². The summed E-state index contributed by atoms with van der Waals surface area (Å²) < 4.78 is 1.64. The molecule has 6 nitrogen and oxygen atoms in total. The maximum atomic E-state index is 12.1. The van der Waals surface area contributed by atoms with Gasteiger partial charge in [0.1, 0.15) is 11.7 Å². The number of halogens is 1. The Hall–Kier alpha value is -1.53. The van der Waals surface area contributed by atoms with E-state index in [-0.39, 0.29) is 11.8 Å². The molecule has 1 aromatic rings. The van der Waals surface area contributed by atoms with Crippen LogP contribution >= 0.6 is 11.6 Å². The molecule has 0 aromatic carbocycles. The monoisotopic (exact) mass is 340 g/mol. The number of hydrogen-bond donors (Lipinski definition) is 2. The summed E-state index contributed by atoms with van der Waals surface area (Å²) in [6.07, 6.45) is 5.42. The molecule has 2 heterocycles. The minimum Gasteiger partial charge on any atom is -0.353 e. The van der Waals surface area contributed by atoms with Gasteiger partial charge in [0.2, 0.25) is 5.91 Å². The molecule has 1 atom stereocenters. The highest BCUT2D eigenvalue weighted by Gasteiger charge is 2.19.